The van der Waals surface area contributed by atoms with Gasteiger partial charge in [-0.25, -0.2) is 0 Å². The monoisotopic (exact) mass is 292 g/mol. The Balaban J connectivity index is 0. The molecular formula is C12H18Cl2N2O2. The summed E-state index contributed by atoms with van der Waals surface area (Å²) < 4.78 is 5.05. The van der Waals surface area contributed by atoms with Crippen LogP contribution in [0.25, 0.3) is 0 Å². The minimum Gasteiger partial charge on any atom is -0.497 e. The zero-order valence-electron chi connectivity index (χ0n) is 10.1. The third-order valence-corrected chi connectivity index (χ3v) is 2.11. The molecule has 3 N–H and O–H groups in total. The Kier molecular flexibility index (Phi) is 10.1. The van der Waals surface area contributed by atoms with Gasteiger partial charge < -0.3 is 15.8 Å². The van der Waals surface area contributed by atoms with Gasteiger partial charge in [0.25, 0.3) is 0 Å². The highest BCUT2D eigenvalue weighted by molar-refractivity contribution is 5.94. The number of hydrogen-bond donors (Lipinski definition) is 2. The molecule has 0 aliphatic rings. The summed E-state index contributed by atoms with van der Waals surface area (Å²) in [5.74, 6) is 0.577. The van der Waals surface area contributed by atoms with Crippen LogP contribution in [0, 0.1) is 0 Å². The molecule has 0 heterocycles. The van der Waals surface area contributed by atoms with Crippen molar-refractivity contribution in [3.63, 3.8) is 0 Å². The van der Waals surface area contributed by atoms with Crippen molar-refractivity contribution in [2.75, 3.05) is 18.2 Å². The molecule has 0 radical (unpaired) electrons. The van der Waals surface area contributed by atoms with Crippen molar-refractivity contribution in [3.05, 3.63) is 30.9 Å². The van der Waals surface area contributed by atoms with E-state index in [1.165, 1.54) is 0 Å². The van der Waals surface area contributed by atoms with Crippen molar-refractivity contribution in [1.29, 1.82) is 0 Å². The summed E-state index contributed by atoms with van der Waals surface area (Å²) in [6.07, 6.45) is 2.75. The minimum absolute atomic E-state index is 0. The van der Waals surface area contributed by atoms with Gasteiger partial charge in [0.1, 0.15) is 5.75 Å². The van der Waals surface area contributed by atoms with E-state index in [0.29, 0.717) is 30.0 Å². The number of carbonyl (C=O) groups is 1. The van der Waals surface area contributed by atoms with Crippen molar-refractivity contribution in [2.45, 2.75) is 12.8 Å². The Morgan fingerprint density at radius 1 is 1.50 bits per heavy atom. The third-order valence-electron chi connectivity index (χ3n) is 2.11. The topological polar surface area (TPSA) is 64.3 Å². The second kappa shape index (κ2) is 9.62. The van der Waals surface area contributed by atoms with E-state index in [2.05, 4.69) is 11.9 Å². The number of methoxy groups -OCH3 is 1. The van der Waals surface area contributed by atoms with Crippen LogP contribution in [-0.4, -0.2) is 13.0 Å². The second-order valence-electron chi connectivity index (χ2n) is 3.33. The fourth-order valence-electron chi connectivity index (χ4n) is 1.22. The number of rotatable bonds is 5. The number of anilines is 2. The number of nitrogens with two attached hydrogens (primary N) is 1. The van der Waals surface area contributed by atoms with E-state index in [9.17, 15) is 4.79 Å². The highest BCUT2D eigenvalue weighted by Gasteiger charge is 2.05. The molecule has 1 amide bonds. The average molecular weight is 293 g/mol. The van der Waals surface area contributed by atoms with Gasteiger partial charge in [0, 0.05) is 12.5 Å². The Morgan fingerprint density at radius 2 is 2.17 bits per heavy atom. The number of benzene rings is 1. The SMILES string of the molecule is C=CCCC(=O)Nc1cc(OC)ccc1N.Cl.Cl. The van der Waals surface area contributed by atoms with Crippen LogP contribution in [0.4, 0.5) is 11.4 Å². The Labute approximate surface area is 119 Å². The van der Waals surface area contributed by atoms with Crippen LogP contribution in [0.2, 0.25) is 0 Å². The lowest BCUT2D eigenvalue weighted by atomic mass is 10.2. The molecule has 0 aliphatic carbocycles. The highest BCUT2D eigenvalue weighted by atomic mass is 35.5. The lowest BCUT2D eigenvalue weighted by Gasteiger charge is -2.09. The zero-order valence-corrected chi connectivity index (χ0v) is 11.8. The maximum absolute atomic E-state index is 11.5. The van der Waals surface area contributed by atoms with Crippen LogP contribution >= 0.6 is 24.8 Å². The minimum atomic E-state index is -0.0835. The van der Waals surface area contributed by atoms with Gasteiger partial charge in [-0.05, 0) is 18.6 Å². The fraction of sp³-hybridized carbons (Fsp3) is 0.250. The first-order valence-electron chi connectivity index (χ1n) is 5.01. The second-order valence-corrected chi connectivity index (χ2v) is 3.33. The lowest BCUT2D eigenvalue weighted by molar-refractivity contribution is -0.116. The molecule has 0 aromatic heterocycles. The summed E-state index contributed by atoms with van der Waals surface area (Å²) in [5, 5.41) is 2.73. The molecule has 1 aromatic carbocycles. The van der Waals surface area contributed by atoms with E-state index < -0.39 is 0 Å². The van der Waals surface area contributed by atoms with Crippen LogP contribution in [0.1, 0.15) is 12.8 Å². The summed E-state index contributed by atoms with van der Waals surface area (Å²) in [5.41, 5.74) is 6.83. The van der Waals surface area contributed by atoms with Crippen LogP contribution in [0.3, 0.4) is 0 Å². The van der Waals surface area contributed by atoms with Gasteiger partial charge in [-0.2, -0.15) is 0 Å². The summed E-state index contributed by atoms with van der Waals surface area (Å²) in [7, 11) is 1.56. The Bertz CT molecular complexity index is 398. The first-order chi connectivity index (χ1) is 7.67. The van der Waals surface area contributed by atoms with Crippen molar-refractivity contribution in [2.24, 2.45) is 0 Å². The van der Waals surface area contributed by atoms with Gasteiger partial charge in [0.05, 0.1) is 18.5 Å². The van der Waals surface area contributed by atoms with Gasteiger partial charge in [-0.3, -0.25) is 4.79 Å². The fourth-order valence-corrected chi connectivity index (χ4v) is 1.22. The molecule has 0 saturated heterocycles. The van der Waals surface area contributed by atoms with Crippen molar-refractivity contribution in [3.8, 4) is 5.75 Å². The van der Waals surface area contributed by atoms with Gasteiger partial charge in [-0.1, -0.05) is 6.08 Å². The normalized spacial score (nSPS) is 8.50. The number of hydrogen-bond acceptors (Lipinski definition) is 3. The molecule has 0 bridgehead atoms. The summed E-state index contributed by atoms with van der Waals surface area (Å²) in [6.45, 7) is 3.56. The van der Waals surface area contributed by atoms with E-state index in [4.69, 9.17) is 10.5 Å². The molecule has 0 spiro atoms. The molecular weight excluding hydrogens is 275 g/mol. The van der Waals surface area contributed by atoms with Crippen LogP contribution < -0.4 is 15.8 Å². The molecule has 0 unspecified atom stereocenters. The van der Waals surface area contributed by atoms with Gasteiger partial charge >= 0.3 is 0 Å². The Morgan fingerprint density at radius 3 is 2.72 bits per heavy atom. The number of allylic oxidation sites excluding steroid dienone is 1. The quantitative estimate of drug-likeness (QED) is 0.648. The molecule has 1 aromatic rings. The first-order valence-corrected chi connectivity index (χ1v) is 5.01. The van der Waals surface area contributed by atoms with Crippen molar-refractivity contribution in [1.82, 2.24) is 0 Å². The first kappa shape index (κ1) is 19.0. The number of ether oxygens (including phenoxy) is 1. The number of nitrogen functional groups attached to an aromatic ring is 1. The average Bonchev–Trinajstić information content (AvgIpc) is 2.29. The van der Waals surface area contributed by atoms with E-state index >= 15 is 0 Å². The molecule has 4 nitrogen and oxygen atoms in total. The zero-order chi connectivity index (χ0) is 12.0. The largest absolute Gasteiger partial charge is 0.497 e. The van der Waals surface area contributed by atoms with E-state index in [1.807, 2.05) is 0 Å². The summed E-state index contributed by atoms with van der Waals surface area (Å²) in [6, 6.07) is 5.14. The summed E-state index contributed by atoms with van der Waals surface area (Å²) >= 11 is 0. The maximum atomic E-state index is 11.5. The van der Waals surface area contributed by atoms with Crippen LogP contribution in [0.5, 0.6) is 5.75 Å². The predicted octanol–water partition coefficient (Wildman–Crippen LogP) is 3.03. The number of carbonyl (C=O) groups excluding carboxylic acids is 1. The molecule has 0 atom stereocenters. The van der Waals surface area contributed by atoms with Crippen molar-refractivity contribution >= 4 is 42.1 Å². The van der Waals surface area contributed by atoms with Gasteiger partial charge in [-0.15, -0.1) is 31.4 Å². The van der Waals surface area contributed by atoms with E-state index in [0.717, 1.165) is 0 Å². The molecule has 0 aliphatic heterocycles. The maximum Gasteiger partial charge on any atom is 0.224 e. The highest BCUT2D eigenvalue weighted by Crippen LogP contribution is 2.24. The Hall–Kier alpha value is -1.39. The molecule has 18 heavy (non-hydrogen) atoms. The van der Waals surface area contributed by atoms with Gasteiger partial charge in [0.2, 0.25) is 5.91 Å². The molecule has 0 saturated carbocycles. The molecule has 0 fully saturated rings. The van der Waals surface area contributed by atoms with Crippen LogP contribution in [0.15, 0.2) is 30.9 Å². The van der Waals surface area contributed by atoms with Crippen LogP contribution in [-0.2, 0) is 4.79 Å². The number of amides is 1. The lowest BCUT2D eigenvalue weighted by Crippen LogP contribution is -2.12. The third kappa shape index (κ3) is 5.80. The number of nitrogens with one attached hydrogen (secondary N) is 1. The molecule has 1 rings (SSSR count). The summed E-state index contributed by atoms with van der Waals surface area (Å²) in [4.78, 5) is 11.5. The molecule has 102 valence electrons. The standard InChI is InChI=1S/C12H16N2O2.2ClH/c1-3-4-5-12(15)14-11-8-9(16-2)6-7-10(11)13;;/h3,6-8H,1,4-5,13H2,2H3,(H,14,15);2*1H. The van der Waals surface area contributed by atoms with E-state index in [-0.39, 0.29) is 30.7 Å². The predicted molar refractivity (Wildman–Crippen MR) is 80.0 cm³/mol. The van der Waals surface area contributed by atoms with Crippen molar-refractivity contribution < 1.29 is 9.53 Å². The smallest absolute Gasteiger partial charge is 0.224 e. The van der Waals surface area contributed by atoms with E-state index in [1.54, 1.807) is 31.4 Å². The molecule has 6 heteroatoms. The van der Waals surface area contributed by atoms with Gasteiger partial charge in [0.15, 0.2) is 0 Å². The number of halogens is 2.